The number of hydrogen-bond acceptors (Lipinski definition) is 2. The number of fused-ring (bicyclic) bond motifs is 2. The molecule has 4 fully saturated rings. The van der Waals surface area contributed by atoms with Gasteiger partial charge in [-0.2, -0.15) is 0 Å². The van der Waals surface area contributed by atoms with Gasteiger partial charge in [0, 0.05) is 11.8 Å². The number of carbonyl (C=O) groups excluding carboxylic acids is 2. The molecule has 0 bridgehead atoms. The third kappa shape index (κ3) is 0.579. The molecule has 2 heteroatoms. The van der Waals surface area contributed by atoms with Gasteiger partial charge in [-0.05, 0) is 37.5 Å². The predicted octanol–water partition coefficient (Wildman–Crippen LogP) is 1.19. The standard InChI is InChI=1S/C11H12O2/c12-9-7-1-5(7)3-11(9)4-6-2-8(6)10(11)13/h5-8H,1-4H2/t5-,6-,7-,8-,11?/m0/s1. The number of ketones is 2. The van der Waals surface area contributed by atoms with Gasteiger partial charge >= 0.3 is 0 Å². The lowest BCUT2D eigenvalue weighted by molar-refractivity contribution is -0.139. The molecule has 0 radical (unpaired) electrons. The summed E-state index contributed by atoms with van der Waals surface area (Å²) in [5.41, 5.74) is -0.429. The topological polar surface area (TPSA) is 34.1 Å². The van der Waals surface area contributed by atoms with Gasteiger partial charge in [0.05, 0.1) is 5.41 Å². The molecule has 2 nitrogen and oxygen atoms in total. The molecule has 4 aliphatic rings. The maximum absolute atomic E-state index is 11.9. The molecule has 0 aliphatic heterocycles. The van der Waals surface area contributed by atoms with Crippen LogP contribution < -0.4 is 0 Å². The van der Waals surface area contributed by atoms with Crippen LogP contribution in [0.4, 0.5) is 0 Å². The van der Waals surface area contributed by atoms with E-state index in [1.807, 2.05) is 0 Å². The molecule has 4 atom stereocenters. The monoisotopic (exact) mass is 176 g/mol. The van der Waals surface area contributed by atoms with E-state index in [1.54, 1.807) is 0 Å². The van der Waals surface area contributed by atoms with E-state index in [1.165, 1.54) is 0 Å². The SMILES string of the molecule is O=C1[C@H]2C[C@H]2CC12C[C@@H]1C[C@@H]1C2=O. The van der Waals surface area contributed by atoms with Crippen molar-refractivity contribution in [3.63, 3.8) is 0 Å². The lowest BCUT2D eigenvalue weighted by Crippen LogP contribution is -2.35. The van der Waals surface area contributed by atoms with Crippen molar-refractivity contribution in [2.24, 2.45) is 29.1 Å². The van der Waals surface area contributed by atoms with Gasteiger partial charge < -0.3 is 0 Å². The fraction of sp³-hybridized carbons (Fsp3) is 0.818. The van der Waals surface area contributed by atoms with Gasteiger partial charge in [-0.25, -0.2) is 0 Å². The second-order valence-electron chi connectivity index (χ2n) is 5.42. The highest BCUT2D eigenvalue weighted by molar-refractivity contribution is 6.14. The molecule has 13 heavy (non-hydrogen) atoms. The van der Waals surface area contributed by atoms with Gasteiger partial charge in [0.15, 0.2) is 0 Å². The minimum absolute atomic E-state index is 0.307. The Morgan fingerprint density at radius 3 is 1.69 bits per heavy atom. The molecule has 0 saturated heterocycles. The van der Waals surface area contributed by atoms with Gasteiger partial charge in [0.25, 0.3) is 0 Å². The fourth-order valence-electron chi connectivity index (χ4n) is 3.80. The first kappa shape index (κ1) is 6.74. The van der Waals surface area contributed by atoms with Gasteiger partial charge in [-0.3, -0.25) is 9.59 Å². The molecular formula is C11H12O2. The fourth-order valence-corrected chi connectivity index (χ4v) is 3.80. The number of rotatable bonds is 0. The average Bonchev–Trinajstić information content (AvgIpc) is 2.96. The Bertz CT molecular complexity index is 310. The van der Waals surface area contributed by atoms with E-state index < -0.39 is 5.41 Å². The lowest BCUT2D eigenvalue weighted by atomic mass is 9.77. The van der Waals surface area contributed by atoms with Crippen molar-refractivity contribution in [2.45, 2.75) is 25.7 Å². The Kier molecular flexibility index (Phi) is 0.841. The van der Waals surface area contributed by atoms with Gasteiger partial charge in [0.2, 0.25) is 0 Å². The van der Waals surface area contributed by atoms with E-state index in [0.717, 1.165) is 25.7 Å². The molecular weight excluding hydrogens is 164 g/mol. The molecule has 4 rings (SSSR count). The summed E-state index contributed by atoms with van der Waals surface area (Å²) in [4.78, 5) is 23.9. The highest BCUT2D eigenvalue weighted by Gasteiger charge is 2.71. The van der Waals surface area contributed by atoms with Crippen molar-refractivity contribution < 1.29 is 9.59 Å². The van der Waals surface area contributed by atoms with Crippen LogP contribution in [0.2, 0.25) is 0 Å². The smallest absolute Gasteiger partial charge is 0.149 e. The third-order valence-electron chi connectivity index (χ3n) is 4.68. The van der Waals surface area contributed by atoms with Crippen LogP contribution in [0.1, 0.15) is 25.7 Å². The first-order valence-corrected chi connectivity index (χ1v) is 5.31. The second-order valence-corrected chi connectivity index (χ2v) is 5.42. The molecule has 4 saturated carbocycles. The molecule has 0 N–H and O–H groups in total. The van der Waals surface area contributed by atoms with Crippen LogP contribution in [0.15, 0.2) is 0 Å². The molecule has 0 aromatic heterocycles. The van der Waals surface area contributed by atoms with Crippen molar-refractivity contribution in [3.05, 3.63) is 0 Å². The Morgan fingerprint density at radius 1 is 0.923 bits per heavy atom. The second kappa shape index (κ2) is 1.62. The highest BCUT2D eigenvalue weighted by Crippen LogP contribution is 2.68. The Morgan fingerprint density at radius 2 is 1.38 bits per heavy atom. The molecule has 0 amide bonds. The van der Waals surface area contributed by atoms with Crippen molar-refractivity contribution >= 4 is 11.6 Å². The van der Waals surface area contributed by atoms with Crippen molar-refractivity contribution in [3.8, 4) is 0 Å². The van der Waals surface area contributed by atoms with E-state index in [0.29, 0.717) is 35.2 Å². The maximum atomic E-state index is 11.9. The first-order valence-electron chi connectivity index (χ1n) is 5.31. The quantitative estimate of drug-likeness (QED) is 0.519. The molecule has 1 spiro atoms. The Labute approximate surface area is 76.7 Å². The summed E-state index contributed by atoms with van der Waals surface area (Å²) in [5.74, 6) is 2.48. The van der Waals surface area contributed by atoms with Crippen LogP contribution in [0.3, 0.4) is 0 Å². The van der Waals surface area contributed by atoms with Crippen LogP contribution in [0.25, 0.3) is 0 Å². The maximum Gasteiger partial charge on any atom is 0.149 e. The summed E-state index contributed by atoms with van der Waals surface area (Å²) < 4.78 is 0. The van der Waals surface area contributed by atoms with Crippen LogP contribution in [0, 0.1) is 29.1 Å². The van der Waals surface area contributed by atoms with Crippen molar-refractivity contribution in [2.75, 3.05) is 0 Å². The van der Waals surface area contributed by atoms with Crippen LogP contribution >= 0.6 is 0 Å². The first-order chi connectivity index (χ1) is 6.22. The molecule has 0 aromatic rings. The van der Waals surface area contributed by atoms with E-state index in [-0.39, 0.29) is 0 Å². The molecule has 68 valence electrons. The van der Waals surface area contributed by atoms with Crippen LogP contribution in [0.5, 0.6) is 0 Å². The van der Waals surface area contributed by atoms with E-state index in [4.69, 9.17) is 0 Å². The minimum atomic E-state index is -0.429. The van der Waals surface area contributed by atoms with E-state index in [9.17, 15) is 9.59 Å². The van der Waals surface area contributed by atoms with Gasteiger partial charge in [-0.1, -0.05) is 0 Å². The average molecular weight is 176 g/mol. The Hall–Kier alpha value is -0.660. The predicted molar refractivity (Wildman–Crippen MR) is 44.9 cm³/mol. The number of hydrogen-bond donors (Lipinski definition) is 0. The summed E-state index contributed by atoms with van der Waals surface area (Å²) in [6.07, 6.45) is 4.01. The Balaban J connectivity index is 1.79. The summed E-state index contributed by atoms with van der Waals surface area (Å²) in [7, 11) is 0. The lowest BCUT2D eigenvalue weighted by Gasteiger charge is -2.23. The zero-order valence-corrected chi connectivity index (χ0v) is 7.45. The summed E-state index contributed by atoms with van der Waals surface area (Å²) in [6, 6.07) is 0. The molecule has 4 aliphatic carbocycles. The van der Waals surface area contributed by atoms with Crippen molar-refractivity contribution in [1.82, 2.24) is 0 Å². The number of carbonyl (C=O) groups is 2. The zero-order valence-electron chi connectivity index (χ0n) is 7.45. The van der Waals surface area contributed by atoms with Crippen molar-refractivity contribution in [1.29, 1.82) is 0 Å². The van der Waals surface area contributed by atoms with Gasteiger partial charge in [0.1, 0.15) is 11.6 Å². The molecule has 0 unspecified atom stereocenters. The van der Waals surface area contributed by atoms with Crippen LogP contribution in [-0.4, -0.2) is 11.6 Å². The zero-order chi connectivity index (χ0) is 8.79. The third-order valence-corrected chi connectivity index (χ3v) is 4.68. The van der Waals surface area contributed by atoms with E-state index in [2.05, 4.69) is 0 Å². The minimum Gasteiger partial charge on any atom is -0.298 e. The normalized spacial score (nSPS) is 53.8. The van der Waals surface area contributed by atoms with E-state index >= 15 is 0 Å². The summed E-state index contributed by atoms with van der Waals surface area (Å²) >= 11 is 0. The molecule has 0 heterocycles. The summed E-state index contributed by atoms with van der Waals surface area (Å²) in [6.45, 7) is 0. The highest BCUT2D eigenvalue weighted by atomic mass is 16.2. The van der Waals surface area contributed by atoms with Crippen LogP contribution in [-0.2, 0) is 9.59 Å². The largest absolute Gasteiger partial charge is 0.298 e. The molecule has 0 aromatic carbocycles. The number of Topliss-reactive ketones (excluding diaryl/α,β-unsaturated/α-hetero) is 2. The van der Waals surface area contributed by atoms with Gasteiger partial charge in [-0.15, -0.1) is 0 Å². The summed E-state index contributed by atoms with van der Waals surface area (Å²) in [5, 5.41) is 0.